The Bertz CT molecular complexity index is 88.6. The van der Waals surface area contributed by atoms with Gasteiger partial charge in [-0.2, -0.15) is 0 Å². The summed E-state index contributed by atoms with van der Waals surface area (Å²) >= 11 is 11.4. The molecule has 0 aliphatic heterocycles. The third-order valence-electron chi connectivity index (χ3n) is 1.84. The number of aliphatic hydroxyl groups is 1. The van der Waals surface area contributed by atoms with Crippen LogP contribution < -0.4 is 0 Å². The smallest absolute Gasteiger partial charge is 0.0471 e. The van der Waals surface area contributed by atoms with E-state index < -0.39 is 0 Å². The number of aliphatic hydroxyl groups excluding tert-OH is 1. The summed E-state index contributed by atoms with van der Waals surface area (Å²) in [5, 5.41) is 8.65. The number of rotatable bonds is 8. The fourth-order valence-corrected chi connectivity index (χ4v) is 1.39. The van der Waals surface area contributed by atoms with Gasteiger partial charge in [-0.05, 0) is 12.8 Å². The lowest BCUT2D eigenvalue weighted by Gasteiger charge is -2.04. The van der Waals surface area contributed by atoms with Crippen LogP contribution in [0, 0.1) is 0 Å². The Morgan fingerprint density at radius 2 is 1.58 bits per heavy atom. The molecule has 1 unspecified atom stereocenters. The molecule has 12 heavy (non-hydrogen) atoms. The molecule has 0 aliphatic carbocycles. The van der Waals surface area contributed by atoms with E-state index in [-0.39, 0.29) is 5.38 Å². The number of hydrogen-bond donors (Lipinski definition) is 1. The Morgan fingerprint density at radius 1 is 1.00 bits per heavy atom. The van der Waals surface area contributed by atoms with Gasteiger partial charge in [0.05, 0.1) is 0 Å². The lowest BCUT2D eigenvalue weighted by molar-refractivity contribution is 0.282. The maximum Gasteiger partial charge on any atom is 0.0471 e. The summed E-state index contributed by atoms with van der Waals surface area (Å²) in [6, 6.07) is 0. The highest BCUT2D eigenvalue weighted by Crippen LogP contribution is 2.11. The zero-order valence-electron chi connectivity index (χ0n) is 7.44. The first-order chi connectivity index (χ1) is 5.81. The monoisotopic (exact) mass is 212 g/mol. The summed E-state index contributed by atoms with van der Waals surface area (Å²) in [6.45, 7) is 0.319. The highest BCUT2D eigenvalue weighted by Gasteiger charge is 2.00. The molecule has 0 spiro atoms. The van der Waals surface area contributed by atoms with Gasteiger partial charge >= 0.3 is 0 Å². The average Bonchev–Trinajstić information content (AvgIpc) is 2.10. The quantitative estimate of drug-likeness (QED) is 0.485. The molecule has 0 amide bonds. The van der Waals surface area contributed by atoms with Crippen LogP contribution in [0.15, 0.2) is 0 Å². The predicted molar refractivity (Wildman–Crippen MR) is 55.1 cm³/mol. The van der Waals surface area contributed by atoms with Crippen molar-refractivity contribution in [2.24, 2.45) is 0 Å². The maximum atomic E-state index is 8.51. The van der Waals surface area contributed by atoms with E-state index in [1.165, 1.54) is 12.8 Å². The Hall–Kier alpha value is 0.540. The van der Waals surface area contributed by atoms with Crippen LogP contribution in [-0.2, 0) is 0 Å². The molecule has 0 rings (SSSR count). The van der Waals surface area contributed by atoms with E-state index in [4.69, 9.17) is 28.3 Å². The van der Waals surface area contributed by atoms with E-state index in [9.17, 15) is 0 Å². The van der Waals surface area contributed by atoms with Crippen LogP contribution in [-0.4, -0.2) is 23.0 Å². The molecule has 0 aliphatic rings. The molecule has 3 heteroatoms. The van der Waals surface area contributed by atoms with Crippen LogP contribution in [0.1, 0.15) is 38.5 Å². The van der Waals surface area contributed by atoms with Gasteiger partial charge in [0.2, 0.25) is 0 Å². The second-order valence-electron chi connectivity index (χ2n) is 3.03. The molecule has 0 saturated heterocycles. The Balaban J connectivity index is 2.90. The van der Waals surface area contributed by atoms with E-state index in [0.717, 1.165) is 25.7 Å². The largest absolute Gasteiger partial charge is 0.396 e. The number of hydrogen-bond acceptors (Lipinski definition) is 1. The van der Waals surface area contributed by atoms with E-state index >= 15 is 0 Å². The van der Waals surface area contributed by atoms with Crippen molar-refractivity contribution in [1.29, 1.82) is 0 Å². The zero-order chi connectivity index (χ0) is 9.23. The molecule has 1 atom stereocenters. The molecule has 0 radical (unpaired) electrons. The summed E-state index contributed by atoms with van der Waals surface area (Å²) in [5.41, 5.74) is 0. The third-order valence-corrected chi connectivity index (χ3v) is 2.75. The minimum Gasteiger partial charge on any atom is -0.396 e. The van der Waals surface area contributed by atoms with E-state index in [1.807, 2.05) is 0 Å². The molecule has 74 valence electrons. The van der Waals surface area contributed by atoms with Crippen LogP contribution in [0.3, 0.4) is 0 Å². The molecule has 0 aromatic heterocycles. The van der Waals surface area contributed by atoms with Gasteiger partial charge in [-0.15, -0.1) is 23.2 Å². The van der Waals surface area contributed by atoms with Gasteiger partial charge in [0.1, 0.15) is 0 Å². The second kappa shape index (κ2) is 9.63. The minimum absolute atomic E-state index is 0.143. The van der Waals surface area contributed by atoms with Crippen LogP contribution in [0.2, 0.25) is 0 Å². The van der Waals surface area contributed by atoms with Gasteiger partial charge in [0.15, 0.2) is 0 Å². The van der Waals surface area contributed by atoms with Gasteiger partial charge in [0.25, 0.3) is 0 Å². The first-order valence-electron chi connectivity index (χ1n) is 4.62. The molecule has 0 bridgehead atoms. The topological polar surface area (TPSA) is 20.2 Å². The van der Waals surface area contributed by atoms with Crippen LogP contribution in [0.25, 0.3) is 0 Å². The van der Waals surface area contributed by atoms with Crippen LogP contribution in [0.4, 0.5) is 0 Å². The van der Waals surface area contributed by atoms with Crippen molar-refractivity contribution in [2.45, 2.75) is 43.9 Å². The fraction of sp³-hybridized carbons (Fsp3) is 1.00. The van der Waals surface area contributed by atoms with Gasteiger partial charge in [-0.3, -0.25) is 0 Å². The third kappa shape index (κ3) is 8.63. The average molecular weight is 213 g/mol. The van der Waals surface area contributed by atoms with Gasteiger partial charge in [-0.1, -0.05) is 25.7 Å². The molecule has 1 N–H and O–H groups in total. The van der Waals surface area contributed by atoms with Gasteiger partial charge < -0.3 is 5.11 Å². The van der Waals surface area contributed by atoms with Crippen molar-refractivity contribution < 1.29 is 5.11 Å². The molecule has 0 saturated carbocycles. The number of alkyl halides is 2. The maximum absolute atomic E-state index is 8.51. The van der Waals surface area contributed by atoms with Crippen LogP contribution in [0.5, 0.6) is 0 Å². The SMILES string of the molecule is OCCCCCCCC(Cl)CCl. The predicted octanol–water partition coefficient (Wildman–Crippen LogP) is 3.17. The molecule has 0 aromatic carbocycles. The molecular weight excluding hydrogens is 195 g/mol. The first-order valence-corrected chi connectivity index (χ1v) is 5.59. The zero-order valence-corrected chi connectivity index (χ0v) is 8.95. The summed E-state index contributed by atoms with van der Waals surface area (Å²) in [5.74, 6) is 0.554. The Morgan fingerprint density at radius 3 is 2.17 bits per heavy atom. The standard InChI is InChI=1S/C9H18Cl2O/c10-8-9(11)6-4-2-1-3-5-7-12/h9,12H,1-8H2. The van der Waals surface area contributed by atoms with Crippen molar-refractivity contribution in [3.63, 3.8) is 0 Å². The molecular formula is C9H18Cl2O. The summed E-state index contributed by atoms with van der Waals surface area (Å²) in [6.07, 6.45) is 6.65. The normalized spacial score (nSPS) is 13.2. The van der Waals surface area contributed by atoms with Crippen molar-refractivity contribution in [1.82, 2.24) is 0 Å². The van der Waals surface area contributed by atoms with Crippen molar-refractivity contribution in [2.75, 3.05) is 12.5 Å². The fourth-order valence-electron chi connectivity index (χ4n) is 1.09. The molecule has 0 heterocycles. The lowest BCUT2D eigenvalue weighted by atomic mass is 10.1. The van der Waals surface area contributed by atoms with Crippen molar-refractivity contribution in [3.8, 4) is 0 Å². The van der Waals surface area contributed by atoms with E-state index in [1.54, 1.807) is 0 Å². The van der Waals surface area contributed by atoms with Crippen LogP contribution >= 0.6 is 23.2 Å². The Kier molecular flexibility index (Phi) is 10.1. The van der Waals surface area contributed by atoms with Gasteiger partial charge in [0, 0.05) is 17.9 Å². The summed E-state index contributed by atoms with van der Waals surface area (Å²) < 4.78 is 0. The first kappa shape index (κ1) is 12.5. The lowest BCUT2D eigenvalue weighted by Crippen LogP contribution is -1.99. The van der Waals surface area contributed by atoms with Crippen molar-refractivity contribution >= 4 is 23.2 Å². The summed E-state index contributed by atoms with van der Waals surface area (Å²) in [7, 11) is 0. The number of unbranched alkanes of at least 4 members (excludes halogenated alkanes) is 4. The molecule has 0 fully saturated rings. The number of halogens is 2. The summed E-state index contributed by atoms with van der Waals surface area (Å²) in [4.78, 5) is 0. The highest BCUT2D eigenvalue weighted by atomic mass is 35.5. The van der Waals surface area contributed by atoms with E-state index in [0.29, 0.717) is 12.5 Å². The minimum atomic E-state index is 0.143. The Labute approximate surface area is 85.1 Å². The molecule has 0 aromatic rings. The van der Waals surface area contributed by atoms with Gasteiger partial charge in [-0.25, -0.2) is 0 Å². The van der Waals surface area contributed by atoms with E-state index in [2.05, 4.69) is 0 Å². The van der Waals surface area contributed by atoms with Crippen molar-refractivity contribution in [3.05, 3.63) is 0 Å². The highest BCUT2D eigenvalue weighted by molar-refractivity contribution is 6.28. The second-order valence-corrected chi connectivity index (χ2v) is 3.96. The molecule has 1 nitrogen and oxygen atoms in total.